The van der Waals surface area contributed by atoms with Crippen molar-refractivity contribution in [1.82, 2.24) is 10.6 Å². The Kier molecular flexibility index (Phi) is 6.80. The number of furan rings is 1. The van der Waals surface area contributed by atoms with Crippen LogP contribution in [0.15, 0.2) is 52.1 Å². The van der Waals surface area contributed by atoms with Gasteiger partial charge in [0, 0.05) is 32.9 Å². The molecule has 0 saturated carbocycles. The monoisotopic (exact) mass is 358 g/mol. The molecule has 140 valence electrons. The number of amides is 1. The fourth-order valence-corrected chi connectivity index (χ4v) is 2.13. The first-order valence-corrected chi connectivity index (χ1v) is 8.37. The van der Waals surface area contributed by atoms with Crippen LogP contribution in [-0.4, -0.2) is 38.2 Å². The minimum atomic E-state index is -0.284. The summed E-state index contributed by atoms with van der Waals surface area (Å²) in [6.45, 7) is 5.19. The number of methoxy groups -OCH3 is 1. The summed E-state index contributed by atoms with van der Waals surface area (Å²) >= 11 is 0. The van der Waals surface area contributed by atoms with Crippen LogP contribution < -0.4 is 16.0 Å². The van der Waals surface area contributed by atoms with Gasteiger partial charge in [0.15, 0.2) is 11.7 Å². The van der Waals surface area contributed by atoms with Crippen molar-refractivity contribution < 1.29 is 13.9 Å². The summed E-state index contributed by atoms with van der Waals surface area (Å²) in [6, 6.07) is 10.9. The first-order valence-electron chi connectivity index (χ1n) is 8.37. The zero-order chi connectivity index (χ0) is 19.0. The van der Waals surface area contributed by atoms with Crippen molar-refractivity contribution >= 4 is 17.6 Å². The van der Waals surface area contributed by atoms with Crippen molar-refractivity contribution in [3.8, 4) is 0 Å². The van der Waals surface area contributed by atoms with E-state index in [1.54, 1.807) is 26.3 Å². The predicted octanol–water partition coefficient (Wildman–Crippen LogP) is 2.62. The van der Waals surface area contributed by atoms with Crippen LogP contribution in [0, 0.1) is 0 Å². The molecule has 1 heterocycles. The molecule has 0 bridgehead atoms. The van der Waals surface area contributed by atoms with Crippen LogP contribution in [-0.2, 0) is 11.3 Å². The van der Waals surface area contributed by atoms with Gasteiger partial charge in [0.25, 0.3) is 5.91 Å². The molecule has 26 heavy (non-hydrogen) atoms. The number of carbonyl (C=O) groups excluding carboxylic acids is 1. The number of ether oxygens (including phenoxy) is 1. The van der Waals surface area contributed by atoms with E-state index in [-0.39, 0.29) is 17.3 Å². The standard InChI is InChI=1S/C19H26N4O3/c1-19(2,25-4)13-22-18(20-3)21-12-14-7-5-8-15(11-14)23-17(24)16-9-6-10-26-16/h5-11H,12-13H2,1-4H3,(H,23,24)(H2,20,21,22). The second kappa shape index (κ2) is 9.05. The lowest BCUT2D eigenvalue weighted by atomic mass is 10.1. The average molecular weight is 358 g/mol. The number of anilines is 1. The maximum absolute atomic E-state index is 12.0. The minimum Gasteiger partial charge on any atom is -0.459 e. The van der Waals surface area contributed by atoms with E-state index >= 15 is 0 Å². The second-order valence-corrected chi connectivity index (χ2v) is 6.37. The number of rotatable bonds is 7. The zero-order valence-electron chi connectivity index (χ0n) is 15.6. The number of nitrogens with zero attached hydrogens (tertiary/aromatic N) is 1. The molecule has 0 atom stereocenters. The molecule has 0 saturated heterocycles. The molecule has 0 fully saturated rings. The number of hydrogen-bond acceptors (Lipinski definition) is 4. The molecule has 7 nitrogen and oxygen atoms in total. The summed E-state index contributed by atoms with van der Waals surface area (Å²) in [5.74, 6) is 0.679. The van der Waals surface area contributed by atoms with Crippen molar-refractivity contribution in [2.75, 3.05) is 26.0 Å². The minimum absolute atomic E-state index is 0.277. The first-order chi connectivity index (χ1) is 12.4. The number of guanidine groups is 1. The van der Waals surface area contributed by atoms with Gasteiger partial charge in [-0.1, -0.05) is 12.1 Å². The number of carbonyl (C=O) groups is 1. The van der Waals surface area contributed by atoms with E-state index in [0.717, 1.165) is 5.56 Å². The molecule has 3 N–H and O–H groups in total. The lowest BCUT2D eigenvalue weighted by Crippen LogP contribution is -2.45. The smallest absolute Gasteiger partial charge is 0.291 e. The van der Waals surface area contributed by atoms with Gasteiger partial charge < -0.3 is 25.1 Å². The van der Waals surface area contributed by atoms with Gasteiger partial charge in [-0.2, -0.15) is 0 Å². The SMILES string of the molecule is CN=C(NCc1cccc(NC(=O)c2ccco2)c1)NCC(C)(C)OC. The van der Waals surface area contributed by atoms with Crippen LogP contribution in [0.3, 0.4) is 0 Å². The van der Waals surface area contributed by atoms with Gasteiger partial charge >= 0.3 is 0 Å². The van der Waals surface area contributed by atoms with Crippen LogP contribution in [0.25, 0.3) is 0 Å². The molecule has 1 aromatic heterocycles. The molecule has 7 heteroatoms. The van der Waals surface area contributed by atoms with E-state index < -0.39 is 0 Å². The number of benzene rings is 1. The molecule has 0 aliphatic rings. The van der Waals surface area contributed by atoms with Gasteiger partial charge in [-0.05, 0) is 43.7 Å². The summed E-state index contributed by atoms with van der Waals surface area (Å²) < 4.78 is 10.5. The van der Waals surface area contributed by atoms with E-state index in [2.05, 4.69) is 20.9 Å². The molecule has 0 unspecified atom stereocenters. The molecule has 0 aliphatic heterocycles. The van der Waals surface area contributed by atoms with Gasteiger partial charge in [-0.25, -0.2) is 0 Å². The normalized spacial score (nSPS) is 11.9. The molecular weight excluding hydrogens is 332 g/mol. The quantitative estimate of drug-likeness (QED) is 0.523. The third-order valence-corrected chi connectivity index (χ3v) is 3.85. The number of nitrogens with one attached hydrogen (secondary N) is 3. The number of aliphatic imine (C=N–C) groups is 1. The fraction of sp³-hybridized carbons (Fsp3) is 0.368. The van der Waals surface area contributed by atoms with Crippen LogP contribution in [0.4, 0.5) is 5.69 Å². The van der Waals surface area contributed by atoms with Crippen LogP contribution in [0.2, 0.25) is 0 Å². The molecular formula is C19H26N4O3. The van der Waals surface area contributed by atoms with E-state index in [1.807, 2.05) is 38.1 Å². The van der Waals surface area contributed by atoms with Crippen LogP contribution >= 0.6 is 0 Å². The Hall–Kier alpha value is -2.80. The topological polar surface area (TPSA) is 87.9 Å². The predicted molar refractivity (Wildman–Crippen MR) is 102 cm³/mol. The van der Waals surface area contributed by atoms with E-state index in [9.17, 15) is 4.79 Å². The van der Waals surface area contributed by atoms with E-state index in [4.69, 9.17) is 9.15 Å². The summed E-state index contributed by atoms with van der Waals surface area (Å²) in [4.78, 5) is 16.2. The Morgan fingerprint density at radius 3 is 2.69 bits per heavy atom. The van der Waals surface area contributed by atoms with Crippen molar-refractivity contribution in [1.29, 1.82) is 0 Å². The molecule has 0 aliphatic carbocycles. The lowest BCUT2D eigenvalue weighted by molar-refractivity contribution is 0.0268. The number of hydrogen-bond donors (Lipinski definition) is 3. The van der Waals surface area contributed by atoms with E-state index in [0.29, 0.717) is 24.7 Å². The molecule has 0 spiro atoms. The summed E-state index contributed by atoms with van der Waals surface area (Å²) in [5, 5.41) is 9.29. The highest BCUT2D eigenvalue weighted by Gasteiger charge is 2.16. The molecule has 0 radical (unpaired) electrons. The average Bonchev–Trinajstić information content (AvgIpc) is 3.17. The Labute approximate surface area is 153 Å². The highest BCUT2D eigenvalue weighted by Crippen LogP contribution is 2.12. The Balaban J connectivity index is 1.90. The van der Waals surface area contributed by atoms with Crippen molar-refractivity contribution in [2.45, 2.75) is 26.0 Å². The zero-order valence-corrected chi connectivity index (χ0v) is 15.6. The van der Waals surface area contributed by atoms with Gasteiger partial charge in [0.2, 0.25) is 0 Å². The fourth-order valence-electron chi connectivity index (χ4n) is 2.13. The van der Waals surface area contributed by atoms with Crippen molar-refractivity contribution in [3.05, 3.63) is 54.0 Å². The first kappa shape index (κ1) is 19.5. The van der Waals surface area contributed by atoms with Gasteiger partial charge in [0.1, 0.15) is 0 Å². The summed E-state index contributed by atoms with van der Waals surface area (Å²) in [5.41, 5.74) is 1.43. The molecule has 2 rings (SSSR count). The highest BCUT2D eigenvalue weighted by molar-refractivity contribution is 6.02. The summed E-state index contributed by atoms with van der Waals surface area (Å²) in [7, 11) is 3.40. The van der Waals surface area contributed by atoms with Gasteiger partial charge in [0.05, 0.1) is 11.9 Å². The molecule has 2 aromatic rings. The van der Waals surface area contributed by atoms with E-state index in [1.165, 1.54) is 6.26 Å². The Morgan fingerprint density at radius 2 is 2.04 bits per heavy atom. The highest BCUT2D eigenvalue weighted by atomic mass is 16.5. The van der Waals surface area contributed by atoms with Crippen molar-refractivity contribution in [2.24, 2.45) is 4.99 Å². The lowest BCUT2D eigenvalue weighted by Gasteiger charge is -2.24. The summed E-state index contributed by atoms with van der Waals surface area (Å²) in [6.07, 6.45) is 1.47. The molecule has 1 amide bonds. The molecule has 1 aromatic carbocycles. The van der Waals surface area contributed by atoms with Gasteiger partial charge in [-0.3, -0.25) is 9.79 Å². The van der Waals surface area contributed by atoms with Crippen LogP contribution in [0.5, 0.6) is 0 Å². The Morgan fingerprint density at radius 1 is 1.23 bits per heavy atom. The largest absolute Gasteiger partial charge is 0.459 e. The van der Waals surface area contributed by atoms with Crippen LogP contribution in [0.1, 0.15) is 30.0 Å². The maximum atomic E-state index is 12.0. The Bertz CT molecular complexity index is 739. The second-order valence-electron chi connectivity index (χ2n) is 6.37. The third-order valence-electron chi connectivity index (χ3n) is 3.85. The maximum Gasteiger partial charge on any atom is 0.291 e. The van der Waals surface area contributed by atoms with Gasteiger partial charge in [-0.15, -0.1) is 0 Å². The van der Waals surface area contributed by atoms with Crippen molar-refractivity contribution in [3.63, 3.8) is 0 Å². The third kappa shape index (κ3) is 5.93.